The maximum absolute atomic E-state index is 6.21. The van der Waals surface area contributed by atoms with Crippen molar-refractivity contribution in [3.8, 4) is 0 Å². The zero-order valence-electron chi connectivity index (χ0n) is 11.5. The summed E-state index contributed by atoms with van der Waals surface area (Å²) in [5.74, 6) is 0.877. The smallest absolute Gasteiger partial charge is 0.0672 e. The van der Waals surface area contributed by atoms with Crippen LogP contribution in [-0.4, -0.2) is 23.3 Å². The van der Waals surface area contributed by atoms with E-state index < -0.39 is 0 Å². The first-order chi connectivity index (χ1) is 9.28. The highest BCUT2D eigenvalue weighted by Gasteiger charge is 2.18. The van der Waals surface area contributed by atoms with Crippen LogP contribution in [0.2, 0.25) is 0 Å². The van der Waals surface area contributed by atoms with Crippen molar-refractivity contribution < 1.29 is 0 Å². The monoisotopic (exact) mass is 258 g/mol. The summed E-state index contributed by atoms with van der Waals surface area (Å²) in [4.78, 5) is 2.44. The minimum Gasteiger partial charge on any atom is -0.397 e. The van der Waals surface area contributed by atoms with Crippen molar-refractivity contribution in [3.05, 3.63) is 18.3 Å². The molecule has 0 aliphatic carbocycles. The van der Waals surface area contributed by atoms with Crippen molar-refractivity contribution in [2.45, 2.75) is 32.6 Å². The molecule has 2 aromatic rings. The Hall–Kier alpha value is -1.71. The van der Waals surface area contributed by atoms with Gasteiger partial charge in [0, 0.05) is 18.5 Å². The lowest BCUT2D eigenvalue weighted by molar-refractivity contribution is 0.459. The molecule has 1 unspecified atom stereocenters. The second-order valence-corrected chi connectivity index (χ2v) is 5.56. The second kappa shape index (κ2) is 5.11. The average molecular weight is 258 g/mol. The lowest BCUT2D eigenvalue weighted by Gasteiger charge is -2.24. The molecule has 1 aliphatic heterocycles. The van der Waals surface area contributed by atoms with E-state index in [1.807, 2.05) is 12.3 Å². The van der Waals surface area contributed by atoms with Gasteiger partial charge in [0.1, 0.15) is 0 Å². The zero-order chi connectivity index (χ0) is 13.2. The summed E-state index contributed by atoms with van der Waals surface area (Å²) in [7, 11) is 0. The summed E-state index contributed by atoms with van der Waals surface area (Å²) >= 11 is 0. The second-order valence-electron chi connectivity index (χ2n) is 5.56. The number of nitrogens with two attached hydrogens (primary N) is 1. The van der Waals surface area contributed by atoms with Gasteiger partial charge in [0.05, 0.1) is 23.1 Å². The summed E-state index contributed by atoms with van der Waals surface area (Å²) in [5.41, 5.74) is 9.31. The van der Waals surface area contributed by atoms with Crippen molar-refractivity contribution in [2.75, 3.05) is 23.7 Å². The van der Waals surface area contributed by atoms with Crippen molar-refractivity contribution in [1.29, 1.82) is 0 Å². The zero-order valence-corrected chi connectivity index (χ0v) is 11.5. The van der Waals surface area contributed by atoms with Gasteiger partial charge in [0.25, 0.3) is 0 Å². The van der Waals surface area contributed by atoms with E-state index in [0.717, 1.165) is 41.3 Å². The lowest BCUT2D eigenvalue weighted by atomic mass is 9.98. The van der Waals surface area contributed by atoms with Gasteiger partial charge in [-0.15, -0.1) is 0 Å². The van der Waals surface area contributed by atoms with E-state index in [1.54, 1.807) is 0 Å². The van der Waals surface area contributed by atoms with Crippen LogP contribution in [0.4, 0.5) is 11.4 Å². The largest absolute Gasteiger partial charge is 0.397 e. The Morgan fingerprint density at radius 3 is 3.11 bits per heavy atom. The minimum absolute atomic E-state index is 0.865. The third-order valence-corrected chi connectivity index (χ3v) is 4.35. The number of hydrogen-bond donors (Lipinski definition) is 2. The quantitative estimate of drug-likeness (QED) is 0.813. The van der Waals surface area contributed by atoms with E-state index in [4.69, 9.17) is 5.73 Å². The van der Waals surface area contributed by atoms with Crippen molar-refractivity contribution >= 4 is 22.3 Å². The number of nitrogen functional groups attached to an aromatic ring is 1. The van der Waals surface area contributed by atoms with E-state index in [2.05, 4.69) is 28.1 Å². The third kappa shape index (κ3) is 2.39. The van der Waals surface area contributed by atoms with Gasteiger partial charge in [-0.3, -0.25) is 5.10 Å². The molecule has 0 bridgehead atoms. The van der Waals surface area contributed by atoms with Gasteiger partial charge in [0.2, 0.25) is 0 Å². The van der Waals surface area contributed by atoms with Gasteiger partial charge in [-0.05, 0) is 37.3 Å². The third-order valence-electron chi connectivity index (χ3n) is 4.35. The van der Waals surface area contributed by atoms with Crippen molar-refractivity contribution in [3.63, 3.8) is 0 Å². The number of hydrogen-bond acceptors (Lipinski definition) is 3. The molecule has 4 nitrogen and oxygen atoms in total. The molecule has 0 saturated carbocycles. The average Bonchev–Trinajstić information content (AvgIpc) is 2.73. The van der Waals surface area contributed by atoms with Gasteiger partial charge >= 0.3 is 0 Å². The van der Waals surface area contributed by atoms with E-state index in [9.17, 15) is 0 Å². The van der Waals surface area contributed by atoms with Gasteiger partial charge in [-0.2, -0.15) is 5.10 Å². The Balaban J connectivity index is 1.88. The normalized spacial score (nSPS) is 20.7. The van der Waals surface area contributed by atoms with Gasteiger partial charge in [-0.1, -0.05) is 13.3 Å². The molecule has 2 heterocycles. The summed E-state index contributed by atoms with van der Waals surface area (Å²) < 4.78 is 0. The number of fused-ring (bicyclic) bond motifs is 1. The topological polar surface area (TPSA) is 57.9 Å². The van der Waals surface area contributed by atoms with Crippen molar-refractivity contribution in [2.24, 2.45) is 5.92 Å². The Labute approximate surface area is 114 Å². The first-order valence-corrected chi connectivity index (χ1v) is 7.25. The molecule has 4 heteroatoms. The van der Waals surface area contributed by atoms with Crippen molar-refractivity contribution in [1.82, 2.24) is 10.2 Å². The highest BCUT2D eigenvalue weighted by Crippen LogP contribution is 2.31. The standard InChI is InChI=1S/C15H22N4/c1-2-11-4-3-6-19(7-5-11)15-9-14-12(8-13(15)16)10-17-18-14/h8-11H,2-7,16H2,1H3,(H,17,18). The fourth-order valence-corrected chi connectivity index (χ4v) is 3.09. The summed E-state index contributed by atoms with van der Waals surface area (Å²) in [6, 6.07) is 4.17. The first kappa shape index (κ1) is 12.3. The number of aromatic amines is 1. The van der Waals surface area contributed by atoms with Crippen LogP contribution in [0.25, 0.3) is 10.9 Å². The highest BCUT2D eigenvalue weighted by molar-refractivity contribution is 5.88. The number of benzene rings is 1. The first-order valence-electron chi connectivity index (χ1n) is 7.25. The number of H-pyrrole nitrogens is 1. The lowest BCUT2D eigenvalue weighted by Crippen LogP contribution is -2.25. The van der Waals surface area contributed by atoms with Gasteiger partial charge < -0.3 is 10.6 Å². The van der Waals surface area contributed by atoms with Crippen LogP contribution < -0.4 is 10.6 Å². The molecule has 1 atom stereocenters. The Morgan fingerprint density at radius 1 is 1.37 bits per heavy atom. The summed E-state index contributed by atoms with van der Waals surface area (Å²) in [5, 5.41) is 8.19. The molecule has 1 aromatic carbocycles. The number of anilines is 2. The molecule has 3 N–H and O–H groups in total. The predicted octanol–water partition coefficient (Wildman–Crippen LogP) is 3.16. The van der Waals surface area contributed by atoms with E-state index in [1.165, 1.54) is 25.7 Å². The molecule has 1 fully saturated rings. The molecule has 102 valence electrons. The van der Waals surface area contributed by atoms with Crippen LogP contribution in [0.3, 0.4) is 0 Å². The Kier molecular flexibility index (Phi) is 3.32. The van der Waals surface area contributed by atoms with E-state index in [0.29, 0.717) is 0 Å². The predicted molar refractivity (Wildman–Crippen MR) is 80.4 cm³/mol. The summed E-state index contributed by atoms with van der Waals surface area (Å²) in [6.07, 6.45) is 7.00. The number of nitrogens with one attached hydrogen (secondary N) is 1. The fourth-order valence-electron chi connectivity index (χ4n) is 3.09. The van der Waals surface area contributed by atoms with E-state index >= 15 is 0 Å². The highest BCUT2D eigenvalue weighted by atomic mass is 15.1. The molecule has 3 rings (SSSR count). The van der Waals surface area contributed by atoms with Crippen LogP contribution in [0.1, 0.15) is 32.6 Å². The number of nitrogens with zero attached hydrogens (tertiary/aromatic N) is 2. The van der Waals surface area contributed by atoms with Crippen LogP contribution in [-0.2, 0) is 0 Å². The number of aromatic nitrogens is 2. The summed E-state index contributed by atoms with van der Waals surface area (Å²) in [6.45, 7) is 4.52. The molecule has 0 radical (unpaired) electrons. The van der Waals surface area contributed by atoms with Crippen LogP contribution in [0, 0.1) is 5.92 Å². The fraction of sp³-hybridized carbons (Fsp3) is 0.533. The molecular formula is C15H22N4. The molecule has 1 saturated heterocycles. The molecular weight excluding hydrogens is 236 g/mol. The Bertz CT molecular complexity index is 560. The van der Waals surface area contributed by atoms with Crippen LogP contribution in [0.15, 0.2) is 18.3 Å². The molecule has 1 aromatic heterocycles. The SMILES string of the molecule is CCC1CCCN(c2cc3[nH]ncc3cc2N)CC1. The molecule has 0 amide bonds. The van der Waals surface area contributed by atoms with Gasteiger partial charge in [0.15, 0.2) is 0 Å². The van der Waals surface area contributed by atoms with Crippen LogP contribution >= 0.6 is 0 Å². The maximum Gasteiger partial charge on any atom is 0.0672 e. The van der Waals surface area contributed by atoms with Crippen LogP contribution in [0.5, 0.6) is 0 Å². The molecule has 0 spiro atoms. The number of rotatable bonds is 2. The molecule has 1 aliphatic rings. The van der Waals surface area contributed by atoms with E-state index in [-0.39, 0.29) is 0 Å². The maximum atomic E-state index is 6.21. The Morgan fingerprint density at radius 2 is 2.26 bits per heavy atom. The molecule has 19 heavy (non-hydrogen) atoms. The van der Waals surface area contributed by atoms with Gasteiger partial charge in [-0.25, -0.2) is 0 Å². The minimum atomic E-state index is 0.865.